The van der Waals surface area contributed by atoms with E-state index in [1.165, 1.54) is 24.1 Å². The number of methoxy groups -OCH3 is 1. The second-order valence-corrected chi connectivity index (χ2v) is 5.20. The molecule has 7 nitrogen and oxygen atoms in total. The van der Waals surface area contributed by atoms with Gasteiger partial charge in [-0.05, 0) is 17.7 Å². The third-order valence-corrected chi connectivity index (χ3v) is 3.69. The van der Waals surface area contributed by atoms with Crippen molar-refractivity contribution < 1.29 is 29.3 Å². The molecule has 2 N–H and O–H groups in total. The molecule has 0 aromatic heterocycles. The van der Waals surface area contributed by atoms with Gasteiger partial charge in [-0.25, -0.2) is 4.79 Å². The van der Waals surface area contributed by atoms with Crippen molar-refractivity contribution in [3.8, 4) is 5.75 Å². The number of carbonyl (C=O) groups excluding carboxylic acids is 2. The molecule has 1 fully saturated rings. The summed E-state index contributed by atoms with van der Waals surface area (Å²) in [4.78, 5) is 36.2. The zero-order valence-electron chi connectivity index (χ0n) is 12.1. The van der Waals surface area contributed by atoms with E-state index in [1.807, 2.05) is 0 Å². The number of hydrogen-bond donors (Lipinski definition) is 2. The van der Waals surface area contributed by atoms with Crippen LogP contribution in [0.25, 0.3) is 0 Å². The van der Waals surface area contributed by atoms with Crippen LogP contribution in [-0.2, 0) is 25.5 Å². The number of amides is 1. The first-order chi connectivity index (χ1) is 10.4. The molecule has 2 rings (SSSR count). The molecule has 2 unspecified atom stereocenters. The Labute approximate surface area is 127 Å². The lowest BCUT2D eigenvalue weighted by Crippen LogP contribution is -2.44. The highest BCUT2D eigenvalue weighted by molar-refractivity contribution is 5.90. The van der Waals surface area contributed by atoms with Gasteiger partial charge in [0.2, 0.25) is 5.91 Å². The van der Waals surface area contributed by atoms with Gasteiger partial charge in [-0.2, -0.15) is 0 Å². The van der Waals surface area contributed by atoms with Gasteiger partial charge in [-0.3, -0.25) is 9.59 Å². The minimum atomic E-state index is -1.15. The third-order valence-electron chi connectivity index (χ3n) is 3.69. The van der Waals surface area contributed by atoms with E-state index in [1.54, 1.807) is 12.1 Å². The minimum absolute atomic E-state index is 0.0291. The quantitative estimate of drug-likeness (QED) is 0.764. The molecular weight excluding hydrogens is 290 g/mol. The zero-order chi connectivity index (χ0) is 16.3. The number of esters is 1. The Morgan fingerprint density at radius 3 is 2.77 bits per heavy atom. The molecule has 1 amide bonds. The van der Waals surface area contributed by atoms with E-state index in [2.05, 4.69) is 4.74 Å². The predicted octanol–water partition coefficient (Wildman–Crippen LogP) is 0.409. The molecule has 0 aliphatic carbocycles. The number of aromatic hydroxyl groups is 1. The van der Waals surface area contributed by atoms with Crippen LogP contribution in [0.1, 0.15) is 12.0 Å². The normalized spacial score (nSPS) is 19.0. The number of phenols is 1. The lowest BCUT2D eigenvalue weighted by molar-refractivity contribution is -0.148. The Kier molecular flexibility index (Phi) is 4.65. The van der Waals surface area contributed by atoms with Crippen LogP contribution in [-0.4, -0.2) is 52.7 Å². The van der Waals surface area contributed by atoms with E-state index < -0.39 is 23.9 Å². The van der Waals surface area contributed by atoms with E-state index in [0.29, 0.717) is 5.56 Å². The fourth-order valence-corrected chi connectivity index (χ4v) is 2.59. The fraction of sp³-hybridized carbons (Fsp3) is 0.400. The highest BCUT2D eigenvalue weighted by atomic mass is 16.5. The smallest absolute Gasteiger partial charge is 0.326 e. The van der Waals surface area contributed by atoms with E-state index in [9.17, 15) is 24.6 Å². The van der Waals surface area contributed by atoms with Gasteiger partial charge in [0, 0.05) is 19.4 Å². The highest BCUT2D eigenvalue weighted by Crippen LogP contribution is 2.24. The summed E-state index contributed by atoms with van der Waals surface area (Å²) >= 11 is 0. The van der Waals surface area contributed by atoms with Crippen molar-refractivity contribution in [1.82, 2.24) is 4.90 Å². The summed E-state index contributed by atoms with van der Waals surface area (Å²) in [6.45, 7) is 0.0291. The fourth-order valence-electron chi connectivity index (χ4n) is 2.59. The molecule has 0 saturated carbocycles. The number of nitrogens with zero attached hydrogens (tertiary/aromatic N) is 1. The monoisotopic (exact) mass is 307 g/mol. The Morgan fingerprint density at radius 1 is 1.45 bits per heavy atom. The van der Waals surface area contributed by atoms with Gasteiger partial charge >= 0.3 is 11.9 Å². The van der Waals surface area contributed by atoms with Gasteiger partial charge in [-0.15, -0.1) is 0 Å². The summed E-state index contributed by atoms with van der Waals surface area (Å²) in [5.74, 6) is -2.66. The van der Waals surface area contributed by atoms with Crippen LogP contribution in [0.15, 0.2) is 24.3 Å². The molecule has 1 aromatic carbocycles. The van der Waals surface area contributed by atoms with Gasteiger partial charge in [0.1, 0.15) is 11.8 Å². The first kappa shape index (κ1) is 15.8. The molecule has 0 bridgehead atoms. The molecule has 1 aromatic rings. The van der Waals surface area contributed by atoms with Gasteiger partial charge in [0.05, 0.1) is 13.0 Å². The van der Waals surface area contributed by atoms with E-state index >= 15 is 0 Å². The molecule has 0 radical (unpaired) electrons. The van der Waals surface area contributed by atoms with Gasteiger partial charge < -0.3 is 19.8 Å². The van der Waals surface area contributed by atoms with Crippen LogP contribution in [0.3, 0.4) is 0 Å². The number of carboxylic acids is 1. The summed E-state index contributed by atoms with van der Waals surface area (Å²) in [6, 6.07) is 5.13. The Morgan fingerprint density at radius 2 is 2.18 bits per heavy atom. The number of carbonyl (C=O) groups is 3. The summed E-state index contributed by atoms with van der Waals surface area (Å²) in [5, 5.41) is 18.8. The maximum atomic E-state index is 12.0. The topological polar surface area (TPSA) is 104 Å². The van der Waals surface area contributed by atoms with Crippen molar-refractivity contribution in [3.05, 3.63) is 29.8 Å². The number of rotatable bonds is 5. The Balaban J connectivity index is 2.16. The molecule has 1 aliphatic heterocycles. The molecule has 1 heterocycles. The number of phenolic OH excluding ortho intramolecular Hbond substituents is 1. The average Bonchev–Trinajstić information content (AvgIpc) is 2.85. The molecule has 1 aliphatic rings. The largest absolute Gasteiger partial charge is 0.508 e. The Hall–Kier alpha value is -2.57. The SMILES string of the molecule is COC(=O)C1CC(=O)N(C(Cc2cccc(O)c2)C(=O)O)C1. The lowest BCUT2D eigenvalue weighted by Gasteiger charge is -2.24. The summed E-state index contributed by atoms with van der Waals surface area (Å²) in [6.07, 6.45) is 0.0137. The number of carboxylic acid groups (broad SMARTS) is 1. The molecule has 1 saturated heterocycles. The number of benzene rings is 1. The molecule has 118 valence electrons. The van der Waals surface area contributed by atoms with Gasteiger partial charge in [0.15, 0.2) is 0 Å². The summed E-state index contributed by atoms with van der Waals surface area (Å²) in [7, 11) is 1.23. The summed E-state index contributed by atoms with van der Waals surface area (Å²) < 4.78 is 4.61. The molecule has 22 heavy (non-hydrogen) atoms. The molecular formula is C15H17NO6. The van der Waals surface area contributed by atoms with Crippen molar-refractivity contribution in [2.24, 2.45) is 5.92 Å². The molecule has 0 spiro atoms. The van der Waals surface area contributed by atoms with Crippen LogP contribution < -0.4 is 0 Å². The first-order valence-corrected chi connectivity index (χ1v) is 6.80. The van der Waals surface area contributed by atoms with Crippen LogP contribution in [0.2, 0.25) is 0 Å². The van der Waals surface area contributed by atoms with Crippen molar-refractivity contribution in [2.45, 2.75) is 18.9 Å². The van der Waals surface area contributed by atoms with Gasteiger partial charge in [0.25, 0.3) is 0 Å². The molecule has 7 heteroatoms. The third kappa shape index (κ3) is 3.36. The number of aliphatic carboxylic acids is 1. The minimum Gasteiger partial charge on any atom is -0.508 e. The first-order valence-electron chi connectivity index (χ1n) is 6.80. The standard InChI is InChI=1S/C15H17NO6/c1-22-15(21)10-7-13(18)16(8-10)12(14(19)20)6-9-3-2-4-11(17)5-9/h2-5,10,12,17H,6-8H2,1H3,(H,19,20). The molecule has 2 atom stereocenters. The van der Waals surface area contributed by atoms with Crippen LogP contribution >= 0.6 is 0 Å². The van der Waals surface area contributed by atoms with Gasteiger partial charge in [-0.1, -0.05) is 12.1 Å². The van der Waals surface area contributed by atoms with Crippen molar-refractivity contribution >= 4 is 17.8 Å². The van der Waals surface area contributed by atoms with Crippen LogP contribution in [0, 0.1) is 5.92 Å². The van der Waals surface area contributed by atoms with Crippen LogP contribution in [0.5, 0.6) is 5.75 Å². The highest BCUT2D eigenvalue weighted by Gasteiger charge is 2.41. The van der Waals surface area contributed by atoms with Crippen LogP contribution in [0.4, 0.5) is 0 Å². The maximum absolute atomic E-state index is 12.0. The van der Waals surface area contributed by atoms with E-state index in [4.69, 9.17) is 0 Å². The van der Waals surface area contributed by atoms with Crippen molar-refractivity contribution in [2.75, 3.05) is 13.7 Å². The predicted molar refractivity (Wildman–Crippen MR) is 75.1 cm³/mol. The van der Waals surface area contributed by atoms with Crippen molar-refractivity contribution in [3.63, 3.8) is 0 Å². The lowest BCUT2D eigenvalue weighted by atomic mass is 10.0. The van der Waals surface area contributed by atoms with E-state index in [-0.39, 0.29) is 31.0 Å². The second kappa shape index (κ2) is 6.46. The Bertz CT molecular complexity index is 599. The summed E-state index contributed by atoms with van der Waals surface area (Å²) in [5.41, 5.74) is 0.599. The second-order valence-electron chi connectivity index (χ2n) is 5.20. The number of ether oxygens (including phenoxy) is 1. The average molecular weight is 307 g/mol. The number of likely N-dealkylation sites (tertiary alicyclic amines) is 1. The zero-order valence-corrected chi connectivity index (χ0v) is 12.1. The number of hydrogen-bond acceptors (Lipinski definition) is 5. The van der Waals surface area contributed by atoms with E-state index in [0.717, 1.165) is 0 Å². The van der Waals surface area contributed by atoms with Crippen molar-refractivity contribution in [1.29, 1.82) is 0 Å². The maximum Gasteiger partial charge on any atom is 0.326 e.